The lowest BCUT2D eigenvalue weighted by Gasteiger charge is -2.39. The zero-order valence-corrected chi connectivity index (χ0v) is 13.0. The maximum Gasteiger partial charge on any atom is 0.239 e. The average Bonchev–Trinajstić information content (AvgIpc) is 2.92. The van der Waals surface area contributed by atoms with Crippen LogP contribution in [0, 0.1) is 0 Å². The minimum Gasteiger partial charge on any atom is -0.372 e. The molecule has 6 heteroatoms. The number of rotatable bonds is 2. The van der Waals surface area contributed by atoms with E-state index in [2.05, 4.69) is 14.5 Å². The molecule has 1 aromatic heterocycles. The third kappa shape index (κ3) is 2.96. The molecule has 6 nitrogen and oxygen atoms in total. The highest BCUT2D eigenvalue weighted by Gasteiger charge is 2.32. The molecule has 3 rings (SSSR count). The molecule has 0 aromatic carbocycles. The van der Waals surface area contributed by atoms with Crippen LogP contribution in [-0.4, -0.2) is 63.1 Å². The quantitative estimate of drug-likeness (QED) is 0.806. The molecule has 0 saturated carbocycles. The Labute approximate surface area is 125 Å². The molecule has 3 atom stereocenters. The van der Waals surface area contributed by atoms with Crippen LogP contribution >= 0.6 is 0 Å². The van der Waals surface area contributed by atoms with Gasteiger partial charge in [-0.25, -0.2) is 4.98 Å². The van der Waals surface area contributed by atoms with Gasteiger partial charge in [0.2, 0.25) is 5.91 Å². The van der Waals surface area contributed by atoms with Gasteiger partial charge in [0, 0.05) is 38.6 Å². The van der Waals surface area contributed by atoms with E-state index in [1.54, 1.807) is 0 Å². The van der Waals surface area contributed by atoms with Crippen molar-refractivity contribution in [2.75, 3.05) is 19.6 Å². The van der Waals surface area contributed by atoms with Gasteiger partial charge in [0.25, 0.3) is 0 Å². The Morgan fingerprint density at radius 2 is 2.05 bits per heavy atom. The van der Waals surface area contributed by atoms with Crippen LogP contribution in [0.2, 0.25) is 0 Å². The van der Waals surface area contributed by atoms with E-state index in [4.69, 9.17) is 4.74 Å². The molecular formula is C15H24N4O2. The van der Waals surface area contributed by atoms with E-state index in [1.807, 2.05) is 38.1 Å². The Morgan fingerprint density at radius 3 is 2.76 bits per heavy atom. The summed E-state index contributed by atoms with van der Waals surface area (Å²) in [5.74, 6) is 1.25. The van der Waals surface area contributed by atoms with Gasteiger partial charge in [0.05, 0.1) is 24.8 Å². The fourth-order valence-corrected chi connectivity index (χ4v) is 3.30. The molecule has 1 amide bonds. The molecule has 116 valence electrons. The van der Waals surface area contributed by atoms with Crippen molar-refractivity contribution in [1.29, 1.82) is 0 Å². The summed E-state index contributed by atoms with van der Waals surface area (Å²) in [6.07, 6.45) is 4.07. The van der Waals surface area contributed by atoms with E-state index in [9.17, 15) is 4.79 Å². The fourth-order valence-electron chi connectivity index (χ4n) is 3.30. The van der Waals surface area contributed by atoms with Crippen molar-refractivity contribution in [3.63, 3.8) is 0 Å². The van der Waals surface area contributed by atoms with E-state index in [0.717, 1.165) is 25.5 Å². The fraction of sp³-hybridized carbons (Fsp3) is 0.733. The van der Waals surface area contributed by atoms with Gasteiger partial charge in [-0.3, -0.25) is 9.69 Å². The zero-order valence-electron chi connectivity index (χ0n) is 13.0. The van der Waals surface area contributed by atoms with Crippen LogP contribution in [0.4, 0.5) is 0 Å². The normalized spacial score (nSPS) is 28.2. The maximum atomic E-state index is 12.7. The van der Waals surface area contributed by atoms with Gasteiger partial charge in [0.15, 0.2) is 0 Å². The van der Waals surface area contributed by atoms with Crippen LogP contribution < -0.4 is 0 Å². The summed E-state index contributed by atoms with van der Waals surface area (Å²) in [4.78, 5) is 21.3. The van der Waals surface area contributed by atoms with E-state index < -0.39 is 0 Å². The number of amides is 1. The van der Waals surface area contributed by atoms with Crippen LogP contribution in [0.25, 0.3) is 0 Å². The van der Waals surface area contributed by atoms with Crippen LogP contribution in [0.1, 0.15) is 26.6 Å². The standard InChI is InChI=1S/C15H24N4O2/c1-11-8-19(9-12(2)21-11)15(20)13(3)18-7-6-17-5-4-16-14(17)10-18/h4-5,11-13H,6-10H2,1-3H3/t11-,12+,13-/m1/s1. The summed E-state index contributed by atoms with van der Waals surface area (Å²) < 4.78 is 7.87. The first-order chi connectivity index (χ1) is 10.0. The van der Waals surface area contributed by atoms with Crippen molar-refractivity contribution in [3.05, 3.63) is 18.2 Å². The van der Waals surface area contributed by atoms with Crippen molar-refractivity contribution in [3.8, 4) is 0 Å². The Kier molecular flexibility index (Phi) is 3.99. The summed E-state index contributed by atoms with van der Waals surface area (Å²) >= 11 is 0. The summed E-state index contributed by atoms with van der Waals surface area (Å²) in [5, 5.41) is 0. The minimum atomic E-state index is -0.104. The molecule has 21 heavy (non-hydrogen) atoms. The lowest BCUT2D eigenvalue weighted by Crippen LogP contribution is -2.55. The lowest BCUT2D eigenvalue weighted by atomic mass is 10.1. The SMILES string of the molecule is C[C@@H]1CN(C(=O)[C@@H](C)N2CCn3ccnc3C2)C[C@H](C)O1. The first-order valence-electron chi connectivity index (χ1n) is 7.73. The van der Waals surface area contributed by atoms with E-state index in [1.165, 1.54) is 0 Å². The van der Waals surface area contributed by atoms with Crippen LogP contribution in [0.3, 0.4) is 0 Å². The van der Waals surface area contributed by atoms with Crippen molar-refractivity contribution in [2.24, 2.45) is 0 Å². The molecule has 1 saturated heterocycles. The predicted molar refractivity (Wildman–Crippen MR) is 78.7 cm³/mol. The second-order valence-electron chi connectivity index (χ2n) is 6.18. The predicted octanol–water partition coefficient (Wildman–Crippen LogP) is 0.723. The summed E-state index contributed by atoms with van der Waals surface area (Å²) in [6, 6.07) is -0.104. The van der Waals surface area contributed by atoms with Gasteiger partial charge in [-0.05, 0) is 20.8 Å². The molecular weight excluding hydrogens is 268 g/mol. The van der Waals surface area contributed by atoms with Gasteiger partial charge < -0.3 is 14.2 Å². The van der Waals surface area contributed by atoms with E-state index in [-0.39, 0.29) is 24.2 Å². The molecule has 0 radical (unpaired) electrons. The van der Waals surface area contributed by atoms with Crippen molar-refractivity contribution < 1.29 is 9.53 Å². The highest BCUT2D eigenvalue weighted by atomic mass is 16.5. The number of fused-ring (bicyclic) bond motifs is 1. The number of hydrogen-bond acceptors (Lipinski definition) is 4. The largest absolute Gasteiger partial charge is 0.372 e. The Morgan fingerprint density at radius 1 is 1.33 bits per heavy atom. The van der Waals surface area contributed by atoms with Crippen LogP contribution in [0.5, 0.6) is 0 Å². The second-order valence-corrected chi connectivity index (χ2v) is 6.18. The summed E-state index contributed by atoms with van der Waals surface area (Å²) in [7, 11) is 0. The Balaban J connectivity index is 1.65. The van der Waals surface area contributed by atoms with Gasteiger partial charge in [0.1, 0.15) is 5.82 Å². The molecule has 3 heterocycles. The highest BCUT2D eigenvalue weighted by Crippen LogP contribution is 2.17. The number of carbonyl (C=O) groups is 1. The highest BCUT2D eigenvalue weighted by molar-refractivity contribution is 5.81. The molecule has 0 N–H and O–H groups in total. The molecule has 1 aromatic rings. The van der Waals surface area contributed by atoms with Gasteiger partial charge in [-0.1, -0.05) is 0 Å². The minimum absolute atomic E-state index is 0.104. The second kappa shape index (κ2) is 5.77. The number of nitrogens with zero attached hydrogens (tertiary/aromatic N) is 4. The van der Waals surface area contributed by atoms with Crippen molar-refractivity contribution in [1.82, 2.24) is 19.4 Å². The summed E-state index contributed by atoms with van der Waals surface area (Å²) in [6.45, 7) is 9.98. The van der Waals surface area contributed by atoms with E-state index in [0.29, 0.717) is 13.1 Å². The van der Waals surface area contributed by atoms with Gasteiger partial charge >= 0.3 is 0 Å². The average molecular weight is 292 g/mol. The Bertz CT molecular complexity index is 506. The number of aromatic nitrogens is 2. The molecule has 0 unspecified atom stereocenters. The first-order valence-corrected chi connectivity index (χ1v) is 7.73. The number of ether oxygens (including phenoxy) is 1. The molecule has 2 aliphatic rings. The third-order valence-corrected chi connectivity index (χ3v) is 4.41. The number of morpholine rings is 1. The van der Waals surface area contributed by atoms with Crippen LogP contribution in [-0.2, 0) is 22.6 Å². The lowest BCUT2D eigenvalue weighted by molar-refractivity contribution is -0.148. The van der Waals surface area contributed by atoms with E-state index >= 15 is 0 Å². The molecule has 0 spiro atoms. The third-order valence-electron chi connectivity index (χ3n) is 4.41. The van der Waals surface area contributed by atoms with Gasteiger partial charge in [-0.15, -0.1) is 0 Å². The topological polar surface area (TPSA) is 50.6 Å². The van der Waals surface area contributed by atoms with Gasteiger partial charge in [-0.2, -0.15) is 0 Å². The smallest absolute Gasteiger partial charge is 0.239 e. The molecule has 2 aliphatic heterocycles. The first kappa shape index (κ1) is 14.5. The van der Waals surface area contributed by atoms with Crippen LogP contribution in [0.15, 0.2) is 12.4 Å². The molecule has 1 fully saturated rings. The zero-order chi connectivity index (χ0) is 15.0. The number of imidazole rings is 1. The van der Waals surface area contributed by atoms with Crippen molar-refractivity contribution >= 4 is 5.91 Å². The Hall–Kier alpha value is -1.40. The monoisotopic (exact) mass is 292 g/mol. The molecule has 0 aliphatic carbocycles. The number of hydrogen-bond donors (Lipinski definition) is 0. The van der Waals surface area contributed by atoms with Crippen molar-refractivity contribution in [2.45, 2.75) is 52.1 Å². The maximum absolute atomic E-state index is 12.7. The molecule has 0 bridgehead atoms. The summed E-state index contributed by atoms with van der Waals surface area (Å²) in [5.41, 5.74) is 0. The number of carbonyl (C=O) groups excluding carboxylic acids is 1.